The molecule has 3 rings (SSSR count). The van der Waals surface area contributed by atoms with Crippen molar-refractivity contribution >= 4 is 11.7 Å². The SMILES string of the molecule is CC1=CC=CC(=C2OC(=O)c3ccccc32)C1. The predicted octanol–water partition coefficient (Wildman–Crippen LogP) is 3.47. The van der Waals surface area contributed by atoms with Crippen LogP contribution in [0, 0.1) is 0 Å². The molecular weight excluding hydrogens is 212 g/mol. The van der Waals surface area contributed by atoms with Crippen molar-refractivity contribution in [1.29, 1.82) is 0 Å². The molecule has 0 unspecified atom stereocenters. The summed E-state index contributed by atoms with van der Waals surface area (Å²) in [5.74, 6) is 0.470. The molecule has 0 saturated heterocycles. The Morgan fingerprint density at radius 2 is 1.94 bits per heavy atom. The summed E-state index contributed by atoms with van der Waals surface area (Å²) < 4.78 is 5.38. The van der Waals surface area contributed by atoms with Crippen LogP contribution in [0.25, 0.3) is 5.76 Å². The first-order chi connectivity index (χ1) is 8.25. The summed E-state index contributed by atoms with van der Waals surface area (Å²) in [4.78, 5) is 11.7. The minimum absolute atomic E-state index is 0.247. The van der Waals surface area contributed by atoms with Gasteiger partial charge in [0, 0.05) is 5.56 Å². The van der Waals surface area contributed by atoms with Gasteiger partial charge in [-0.05, 0) is 25.0 Å². The molecule has 2 heteroatoms. The lowest BCUT2D eigenvalue weighted by Gasteiger charge is -2.10. The molecule has 0 N–H and O–H groups in total. The molecule has 1 aliphatic carbocycles. The van der Waals surface area contributed by atoms with Crippen LogP contribution in [0.15, 0.2) is 53.6 Å². The monoisotopic (exact) mass is 224 g/mol. The number of esters is 1. The zero-order valence-corrected chi connectivity index (χ0v) is 9.57. The highest BCUT2D eigenvalue weighted by molar-refractivity contribution is 6.03. The van der Waals surface area contributed by atoms with Gasteiger partial charge in [-0.25, -0.2) is 4.79 Å². The lowest BCUT2D eigenvalue weighted by atomic mass is 9.97. The van der Waals surface area contributed by atoms with Crippen molar-refractivity contribution < 1.29 is 9.53 Å². The summed E-state index contributed by atoms with van der Waals surface area (Å²) in [5, 5.41) is 0. The highest BCUT2D eigenvalue weighted by Crippen LogP contribution is 2.35. The number of ether oxygens (including phenoxy) is 1. The van der Waals surface area contributed by atoms with Gasteiger partial charge in [0.05, 0.1) is 5.56 Å². The van der Waals surface area contributed by atoms with Crippen molar-refractivity contribution in [1.82, 2.24) is 0 Å². The summed E-state index contributed by atoms with van der Waals surface area (Å²) in [5.41, 5.74) is 3.92. The largest absolute Gasteiger partial charge is 0.422 e. The van der Waals surface area contributed by atoms with Crippen molar-refractivity contribution in [2.75, 3.05) is 0 Å². The summed E-state index contributed by atoms with van der Waals surface area (Å²) >= 11 is 0. The molecule has 0 amide bonds. The zero-order chi connectivity index (χ0) is 11.8. The third kappa shape index (κ3) is 1.62. The Morgan fingerprint density at radius 1 is 1.18 bits per heavy atom. The minimum Gasteiger partial charge on any atom is -0.422 e. The lowest BCUT2D eigenvalue weighted by Crippen LogP contribution is -1.95. The molecule has 17 heavy (non-hydrogen) atoms. The van der Waals surface area contributed by atoms with Crippen LogP contribution in [0.4, 0.5) is 0 Å². The van der Waals surface area contributed by atoms with Gasteiger partial charge in [-0.15, -0.1) is 0 Å². The molecule has 2 aliphatic rings. The Morgan fingerprint density at radius 3 is 2.71 bits per heavy atom. The van der Waals surface area contributed by atoms with E-state index in [2.05, 4.69) is 13.0 Å². The summed E-state index contributed by atoms with van der Waals surface area (Å²) in [7, 11) is 0. The lowest BCUT2D eigenvalue weighted by molar-refractivity contribution is 0.0714. The van der Waals surface area contributed by atoms with Gasteiger partial charge in [0.25, 0.3) is 0 Å². The molecule has 0 radical (unpaired) electrons. The highest BCUT2D eigenvalue weighted by Gasteiger charge is 2.27. The number of allylic oxidation sites excluding steroid dienone is 5. The molecule has 0 aromatic heterocycles. The van der Waals surface area contributed by atoms with E-state index < -0.39 is 0 Å². The van der Waals surface area contributed by atoms with E-state index in [0.29, 0.717) is 11.3 Å². The van der Waals surface area contributed by atoms with Crippen LogP contribution < -0.4 is 0 Å². The van der Waals surface area contributed by atoms with Gasteiger partial charge in [0.2, 0.25) is 0 Å². The van der Waals surface area contributed by atoms with Crippen LogP contribution in [0.2, 0.25) is 0 Å². The van der Waals surface area contributed by atoms with E-state index in [9.17, 15) is 4.79 Å². The quantitative estimate of drug-likeness (QED) is 0.631. The number of hydrogen-bond acceptors (Lipinski definition) is 2. The van der Waals surface area contributed by atoms with Crippen LogP contribution in [-0.4, -0.2) is 5.97 Å². The van der Waals surface area contributed by atoms with Crippen LogP contribution >= 0.6 is 0 Å². The second-order valence-corrected chi connectivity index (χ2v) is 4.34. The Labute approximate surface area is 99.9 Å². The Kier molecular flexibility index (Phi) is 2.22. The first kappa shape index (κ1) is 10.1. The Hall–Kier alpha value is -2.09. The molecule has 1 aliphatic heterocycles. The van der Waals surface area contributed by atoms with E-state index in [0.717, 1.165) is 17.6 Å². The number of carbonyl (C=O) groups excluding carboxylic acids is 1. The third-order valence-corrected chi connectivity index (χ3v) is 3.03. The van der Waals surface area contributed by atoms with Crippen LogP contribution in [0.5, 0.6) is 0 Å². The minimum atomic E-state index is -0.247. The molecular formula is C15H12O2. The topological polar surface area (TPSA) is 26.3 Å². The average Bonchev–Trinajstić information content (AvgIpc) is 2.68. The molecule has 1 heterocycles. The van der Waals surface area contributed by atoms with Crippen LogP contribution in [0.3, 0.4) is 0 Å². The van der Waals surface area contributed by atoms with Gasteiger partial charge in [-0.1, -0.05) is 42.0 Å². The fourth-order valence-electron chi connectivity index (χ4n) is 2.20. The number of benzene rings is 1. The van der Waals surface area contributed by atoms with E-state index >= 15 is 0 Å². The van der Waals surface area contributed by atoms with Gasteiger partial charge < -0.3 is 4.74 Å². The summed E-state index contributed by atoms with van der Waals surface area (Å²) in [6.07, 6.45) is 6.92. The first-order valence-electron chi connectivity index (χ1n) is 5.64. The van der Waals surface area contributed by atoms with Crippen LogP contribution in [-0.2, 0) is 4.74 Å². The van der Waals surface area contributed by atoms with E-state index in [1.807, 2.05) is 30.4 Å². The molecule has 0 fully saturated rings. The van der Waals surface area contributed by atoms with E-state index in [-0.39, 0.29) is 5.97 Å². The highest BCUT2D eigenvalue weighted by atomic mass is 16.5. The summed E-state index contributed by atoms with van der Waals surface area (Å²) in [6, 6.07) is 7.52. The van der Waals surface area contributed by atoms with Crippen LogP contribution in [0.1, 0.15) is 29.3 Å². The Balaban J connectivity index is 2.14. The van der Waals surface area contributed by atoms with Gasteiger partial charge in [0.1, 0.15) is 5.76 Å². The molecule has 0 atom stereocenters. The first-order valence-corrected chi connectivity index (χ1v) is 5.64. The van der Waals surface area contributed by atoms with E-state index in [4.69, 9.17) is 4.74 Å². The van der Waals surface area contributed by atoms with Crippen molar-refractivity contribution in [2.45, 2.75) is 13.3 Å². The van der Waals surface area contributed by atoms with Gasteiger partial charge in [0.15, 0.2) is 0 Å². The number of carbonyl (C=O) groups is 1. The van der Waals surface area contributed by atoms with Gasteiger partial charge in [-0.3, -0.25) is 0 Å². The normalized spacial score (nSPS) is 22.2. The predicted molar refractivity (Wildman–Crippen MR) is 66.3 cm³/mol. The molecule has 0 saturated carbocycles. The van der Waals surface area contributed by atoms with Crippen molar-refractivity contribution in [3.63, 3.8) is 0 Å². The fourth-order valence-corrected chi connectivity index (χ4v) is 2.20. The number of hydrogen-bond donors (Lipinski definition) is 0. The molecule has 0 spiro atoms. The van der Waals surface area contributed by atoms with Crippen molar-refractivity contribution in [2.24, 2.45) is 0 Å². The maximum Gasteiger partial charge on any atom is 0.344 e. The molecule has 1 aromatic rings. The van der Waals surface area contributed by atoms with Gasteiger partial charge >= 0.3 is 5.97 Å². The average molecular weight is 224 g/mol. The maximum absolute atomic E-state index is 11.7. The number of cyclic esters (lactones) is 1. The molecule has 1 aromatic carbocycles. The molecule has 84 valence electrons. The van der Waals surface area contributed by atoms with Crippen molar-refractivity contribution in [3.05, 3.63) is 64.8 Å². The summed E-state index contributed by atoms with van der Waals surface area (Å²) in [6.45, 7) is 2.08. The standard InChI is InChI=1S/C15H12O2/c1-10-5-4-6-11(9-10)14-12-7-2-3-8-13(12)15(16)17-14/h2-8H,9H2,1H3. The smallest absolute Gasteiger partial charge is 0.344 e. The van der Waals surface area contributed by atoms with Crippen molar-refractivity contribution in [3.8, 4) is 0 Å². The van der Waals surface area contributed by atoms with E-state index in [1.54, 1.807) is 6.07 Å². The fraction of sp³-hybridized carbons (Fsp3) is 0.133. The molecule has 0 bridgehead atoms. The third-order valence-electron chi connectivity index (χ3n) is 3.03. The van der Waals surface area contributed by atoms with E-state index in [1.165, 1.54) is 5.57 Å². The maximum atomic E-state index is 11.7. The Bertz CT molecular complexity index is 589. The second kappa shape index (κ2) is 3.74. The number of fused-ring (bicyclic) bond motifs is 1. The second-order valence-electron chi connectivity index (χ2n) is 4.34. The zero-order valence-electron chi connectivity index (χ0n) is 9.57. The number of rotatable bonds is 0. The van der Waals surface area contributed by atoms with Gasteiger partial charge in [-0.2, -0.15) is 0 Å². The molecule has 2 nitrogen and oxygen atoms in total.